The molecule has 0 bridgehead atoms. The van der Waals surface area contributed by atoms with E-state index in [1.54, 1.807) is 31.4 Å². The highest BCUT2D eigenvalue weighted by molar-refractivity contribution is 5.96. The lowest BCUT2D eigenvalue weighted by atomic mass is 10.1. The Morgan fingerprint density at radius 2 is 1.96 bits per heavy atom. The monoisotopic (exact) mass is 368 g/mol. The maximum absolute atomic E-state index is 12.9. The smallest absolute Gasteiger partial charge is 0.335 e. The minimum Gasteiger partial charge on any atom is -0.495 e. The van der Waals surface area contributed by atoms with E-state index in [2.05, 4.69) is 10.2 Å². The number of nitrogens with zero attached hydrogens (tertiary/aromatic N) is 1. The van der Waals surface area contributed by atoms with Gasteiger partial charge in [-0.1, -0.05) is 18.2 Å². The summed E-state index contributed by atoms with van der Waals surface area (Å²) in [5.41, 5.74) is 2.99. The zero-order valence-corrected chi connectivity index (χ0v) is 15.6. The predicted octanol–water partition coefficient (Wildman–Crippen LogP) is 3.30. The lowest BCUT2D eigenvalue weighted by Crippen LogP contribution is -2.39. The second kappa shape index (κ2) is 8.22. The van der Waals surface area contributed by atoms with Crippen molar-refractivity contribution in [2.75, 3.05) is 19.0 Å². The minimum atomic E-state index is -0.938. The minimum absolute atomic E-state index is 0.0430. The van der Waals surface area contributed by atoms with Crippen LogP contribution in [0.5, 0.6) is 5.75 Å². The van der Waals surface area contributed by atoms with E-state index in [1.807, 2.05) is 25.1 Å². The van der Waals surface area contributed by atoms with E-state index in [4.69, 9.17) is 9.84 Å². The molecule has 0 radical (unpaired) electrons. The number of ether oxygens (including phenoxy) is 1. The Bertz CT molecular complexity index is 833. The first-order valence-corrected chi connectivity index (χ1v) is 8.99. The summed E-state index contributed by atoms with van der Waals surface area (Å²) in [6.45, 7) is 3.42. The Balaban J connectivity index is 1.69. The van der Waals surface area contributed by atoms with Crippen molar-refractivity contribution in [1.29, 1.82) is 0 Å². The molecule has 2 N–H and O–H groups in total. The number of hydrogen-bond acceptors (Lipinski definition) is 4. The maximum atomic E-state index is 12.9. The number of hydrogen-bond donors (Lipinski definition) is 2. The first kappa shape index (κ1) is 18.9. The molecule has 1 aliphatic heterocycles. The number of methoxy groups -OCH3 is 1. The number of aromatic carboxylic acids is 1. The molecule has 0 aliphatic carbocycles. The molecule has 1 saturated heterocycles. The molecule has 6 nitrogen and oxygen atoms in total. The van der Waals surface area contributed by atoms with Crippen molar-refractivity contribution in [1.82, 2.24) is 4.90 Å². The zero-order chi connectivity index (χ0) is 19.4. The standard InChI is InChI=1S/C21H24N2O4/c1-14-5-10-19(27-2)17(12-14)22-20(24)18-4-3-11-23(18)13-15-6-8-16(9-7-15)21(25)26/h5-10,12,18H,3-4,11,13H2,1-2H3,(H,22,24)(H,25,26). The molecule has 0 spiro atoms. The molecule has 142 valence electrons. The number of amides is 1. The van der Waals surface area contributed by atoms with Crippen LogP contribution in [0.3, 0.4) is 0 Å². The molecule has 2 aromatic rings. The number of anilines is 1. The molecule has 1 aliphatic rings. The highest BCUT2D eigenvalue weighted by atomic mass is 16.5. The van der Waals surface area contributed by atoms with Gasteiger partial charge in [0.05, 0.1) is 24.4 Å². The van der Waals surface area contributed by atoms with Crippen LogP contribution < -0.4 is 10.1 Å². The van der Waals surface area contributed by atoms with Gasteiger partial charge in [0, 0.05) is 6.54 Å². The fourth-order valence-electron chi connectivity index (χ4n) is 3.44. The lowest BCUT2D eigenvalue weighted by Gasteiger charge is -2.24. The molecule has 1 unspecified atom stereocenters. The summed E-state index contributed by atoms with van der Waals surface area (Å²) in [6.07, 6.45) is 1.75. The summed E-state index contributed by atoms with van der Waals surface area (Å²) in [4.78, 5) is 26.0. The molecule has 2 aromatic carbocycles. The van der Waals surface area contributed by atoms with Gasteiger partial charge in [0.1, 0.15) is 5.75 Å². The van der Waals surface area contributed by atoms with Crippen LogP contribution in [-0.4, -0.2) is 41.6 Å². The first-order chi connectivity index (χ1) is 13.0. The lowest BCUT2D eigenvalue weighted by molar-refractivity contribution is -0.120. The van der Waals surface area contributed by atoms with Crippen LogP contribution in [0, 0.1) is 6.92 Å². The Labute approximate surface area is 158 Å². The molecule has 27 heavy (non-hydrogen) atoms. The van der Waals surface area contributed by atoms with Crippen LogP contribution in [0.2, 0.25) is 0 Å². The number of carbonyl (C=O) groups is 2. The average molecular weight is 368 g/mol. The Morgan fingerprint density at radius 3 is 2.63 bits per heavy atom. The van der Waals surface area contributed by atoms with Crippen LogP contribution >= 0.6 is 0 Å². The molecule has 3 rings (SSSR count). The third-order valence-electron chi connectivity index (χ3n) is 4.87. The molecule has 0 aromatic heterocycles. The van der Waals surface area contributed by atoms with Crippen LogP contribution in [0.4, 0.5) is 5.69 Å². The number of carboxylic acids is 1. The number of nitrogens with one attached hydrogen (secondary N) is 1. The largest absolute Gasteiger partial charge is 0.495 e. The van der Waals surface area contributed by atoms with Gasteiger partial charge in [-0.25, -0.2) is 4.79 Å². The van der Waals surface area contributed by atoms with Gasteiger partial charge >= 0.3 is 5.97 Å². The third-order valence-corrected chi connectivity index (χ3v) is 4.87. The van der Waals surface area contributed by atoms with Crippen molar-refractivity contribution in [2.24, 2.45) is 0 Å². The molecule has 1 amide bonds. The highest BCUT2D eigenvalue weighted by Crippen LogP contribution is 2.27. The van der Waals surface area contributed by atoms with Crippen molar-refractivity contribution in [3.05, 3.63) is 59.2 Å². The molecule has 0 saturated carbocycles. The van der Waals surface area contributed by atoms with E-state index in [0.29, 0.717) is 18.0 Å². The number of carboxylic acid groups (broad SMARTS) is 1. The highest BCUT2D eigenvalue weighted by Gasteiger charge is 2.31. The Kier molecular flexibility index (Phi) is 5.76. The molecule has 1 fully saturated rings. The normalized spacial score (nSPS) is 16.9. The summed E-state index contributed by atoms with van der Waals surface area (Å²) in [6, 6.07) is 12.3. The van der Waals surface area contributed by atoms with Gasteiger partial charge < -0.3 is 15.2 Å². The second-order valence-corrected chi connectivity index (χ2v) is 6.82. The van der Waals surface area contributed by atoms with Crippen molar-refractivity contribution in [3.8, 4) is 5.75 Å². The van der Waals surface area contributed by atoms with Crippen molar-refractivity contribution in [3.63, 3.8) is 0 Å². The molecule has 1 heterocycles. The van der Waals surface area contributed by atoms with E-state index in [1.165, 1.54) is 0 Å². The SMILES string of the molecule is COc1ccc(C)cc1NC(=O)C1CCCN1Cc1ccc(C(=O)O)cc1. The van der Waals surface area contributed by atoms with Gasteiger partial charge in [0.15, 0.2) is 0 Å². The van der Waals surface area contributed by atoms with Crippen LogP contribution in [0.1, 0.15) is 34.3 Å². The van der Waals surface area contributed by atoms with Crippen LogP contribution in [0.15, 0.2) is 42.5 Å². The first-order valence-electron chi connectivity index (χ1n) is 8.99. The molecular weight excluding hydrogens is 344 g/mol. The average Bonchev–Trinajstić information content (AvgIpc) is 3.10. The summed E-state index contributed by atoms with van der Waals surface area (Å²) >= 11 is 0. The van der Waals surface area contributed by atoms with Crippen LogP contribution in [0.25, 0.3) is 0 Å². The van der Waals surface area contributed by atoms with Crippen molar-refractivity contribution >= 4 is 17.6 Å². The summed E-state index contributed by atoms with van der Waals surface area (Å²) in [5.74, 6) is -0.339. The van der Waals surface area contributed by atoms with E-state index in [9.17, 15) is 9.59 Å². The topological polar surface area (TPSA) is 78.9 Å². The van der Waals surface area contributed by atoms with Crippen molar-refractivity contribution in [2.45, 2.75) is 32.4 Å². The van der Waals surface area contributed by atoms with E-state index >= 15 is 0 Å². The van der Waals surface area contributed by atoms with Gasteiger partial charge in [0.2, 0.25) is 5.91 Å². The van der Waals surface area contributed by atoms with E-state index in [0.717, 1.165) is 30.5 Å². The van der Waals surface area contributed by atoms with Crippen LogP contribution in [-0.2, 0) is 11.3 Å². The Morgan fingerprint density at radius 1 is 1.22 bits per heavy atom. The summed E-state index contributed by atoms with van der Waals surface area (Å²) in [7, 11) is 1.59. The number of rotatable bonds is 6. The predicted molar refractivity (Wildman–Crippen MR) is 103 cm³/mol. The molecule has 1 atom stereocenters. The second-order valence-electron chi connectivity index (χ2n) is 6.82. The van der Waals surface area contributed by atoms with Gasteiger partial charge in [-0.3, -0.25) is 9.69 Å². The number of aryl methyl sites for hydroxylation is 1. The number of benzene rings is 2. The molecule has 6 heteroatoms. The maximum Gasteiger partial charge on any atom is 0.335 e. The van der Waals surface area contributed by atoms with Gasteiger partial charge in [-0.2, -0.15) is 0 Å². The molecular formula is C21H24N2O4. The Hall–Kier alpha value is -2.86. The fourth-order valence-corrected chi connectivity index (χ4v) is 3.44. The summed E-state index contributed by atoms with van der Waals surface area (Å²) in [5, 5.41) is 12.0. The zero-order valence-electron chi connectivity index (χ0n) is 15.6. The number of likely N-dealkylation sites (tertiary alicyclic amines) is 1. The fraction of sp³-hybridized carbons (Fsp3) is 0.333. The van der Waals surface area contributed by atoms with Gasteiger partial charge in [-0.05, 0) is 61.7 Å². The quantitative estimate of drug-likeness (QED) is 0.818. The van der Waals surface area contributed by atoms with E-state index in [-0.39, 0.29) is 17.5 Å². The van der Waals surface area contributed by atoms with Gasteiger partial charge in [-0.15, -0.1) is 0 Å². The third kappa shape index (κ3) is 4.46. The van der Waals surface area contributed by atoms with E-state index < -0.39 is 5.97 Å². The number of carbonyl (C=O) groups excluding carboxylic acids is 1. The summed E-state index contributed by atoms with van der Waals surface area (Å²) < 4.78 is 5.34. The van der Waals surface area contributed by atoms with Gasteiger partial charge in [0.25, 0.3) is 0 Å². The van der Waals surface area contributed by atoms with Crippen molar-refractivity contribution < 1.29 is 19.4 Å².